The topological polar surface area (TPSA) is 41.1 Å². The Bertz CT molecular complexity index is 477. The summed E-state index contributed by atoms with van der Waals surface area (Å²) in [7, 11) is 1.57. The van der Waals surface area contributed by atoms with Crippen LogP contribution >= 0.6 is 0 Å². The van der Waals surface area contributed by atoms with Crippen LogP contribution in [0.3, 0.4) is 0 Å². The van der Waals surface area contributed by atoms with Crippen molar-refractivity contribution in [2.24, 2.45) is 0 Å². The van der Waals surface area contributed by atoms with Gasteiger partial charge in [0.1, 0.15) is 0 Å². The van der Waals surface area contributed by atoms with E-state index >= 15 is 0 Å². The van der Waals surface area contributed by atoms with Crippen molar-refractivity contribution in [1.29, 1.82) is 0 Å². The van der Waals surface area contributed by atoms with Gasteiger partial charge >= 0.3 is 12.2 Å². The first-order chi connectivity index (χ1) is 9.90. The molecule has 1 aliphatic rings. The summed E-state index contributed by atoms with van der Waals surface area (Å²) in [5, 5.41) is 5.39. The fraction of sp³-hybridized carbons (Fsp3) is 0.533. The Morgan fingerprint density at radius 2 is 1.67 bits per heavy atom. The van der Waals surface area contributed by atoms with Gasteiger partial charge in [0.25, 0.3) is 0 Å². The highest BCUT2D eigenvalue weighted by atomic mass is 19.4. The Hall–Kier alpha value is -1.72. The molecule has 0 bridgehead atoms. The monoisotopic (exact) mass is 300 g/mol. The minimum Gasteiger partial charge on any atom is -0.341 e. The van der Waals surface area contributed by atoms with Crippen molar-refractivity contribution in [3.8, 4) is 0 Å². The van der Waals surface area contributed by atoms with Gasteiger partial charge in [-0.05, 0) is 49.3 Å². The third-order valence-corrected chi connectivity index (χ3v) is 4.00. The third-order valence-electron chi connectivity index (χ3n) is 4.00. The number of carbonyl (C=O) groups excluding carboxylic acids is 1. The van der Waals surface area contributed by atoms with Crippen molar-refractivity contribution in [3.05, 3.63) is 35.4 Å². The normalized spacial score (nSPS) is 22.7. The Labute approximate surface area is 121 Å². The molecule has 2 rings (SSSR count). The van der Waals surface area contributed by atoms with Crippen LogP contribution in [0.25, 0.3) is 0 Å². The molecular weight excluding hydrogens is 281 g/mol. The van der Waals surface area contributed by atoms with E-state index in [1.807, 2.05) is 0 Å². The Kier molecular flexibility index (Phi) is 4.75. The van der Waals surface area contributed by atoms with Gasteiger partial charge < -0.3 is 10.6 Å². The summed E-state index contributed by atoms with van der Waals surface area (Å²) in [5.74, 6) is 0.273. The predicted molar refractivity (Wildman–Crippen MR) is 74.0 cm³/mol. The van der Waals surface area contributed by atoms with E-state index in [4.69, 9.17) is 0 Å². The quantitative estimate of drug-likeness (QED) is 0.860. The van der Waals surface area contributed by atoms with Gasteiger partial charge in [0.15, 0.2) is 0 Å². The van der Waals surface area contributed by atoms with E-state index in [0.717, 1.165) is 43.4 Å². The SMILES string of the molecule is CNC(=O)NC1CCC(c2ccc(C(F)(F)F)cc2)CC1. The summed E-state index contributed by atoms with van der Waals surface area (Å²) in [5.41, 5.74) is 0.336. The zero-order valence-electron chi connectivity index (χ0n) is 11.8. The second-order valence-electron chi connectivity index (χ2n) is 5.39. The van der Waals surface area contributed by atoms with E-state index in [-0.39, 0.29) is 18.0 Å². The number of hydrogen-bond donors (Lipinski definition) is 2. The molecule has 1 aliphatic carbocycles. The van der Waals surface area contributed by atoms with Gasteiger partial charge in [-0.1, -0.05) is 12.1 Å². The Morgan fingerprint density at radius 1 is 1.10 bits per heavy atom. The number of urea groups is 1. The number of halogens is 3. The van der Waals surface area contributed by atoms with Crippen LogP contribution < -0.4 is 10.6 Å². The first kappa shape index (κ1) is 15.7. The number of rotatable bonds is 2. The van der Waals surface area contributed by atoms with E-state index in [9.17, 15) is 18.0 Å². The standard InChI is InChI=1S/C15H19F3N2O/c1-19-14(21)20-13-8-4-11(5-9-13)10-2-6-12(7-3-10)15(16,17)18/h2-3,6-7,11,13H,4-5,8-9H2,1H3,(H2,19,20,21). The van der Waals surface area contributed by atoms with Crippen molar-refractivity contribution >= 4 is 6.03 Å². The lowest BCUT2D eigenvalue weighted by atomic mass is 9.81. The molecule has 116 valence electrons. The summed E-state index contributed by atoms with van der Waals surface area (Å²) in [6.45, 7) is 0. The van der Waals surface area contributed by atoms with Crippen molar-refractivity contribution in [2.75, 3.05) is 7.05 Å². The minimum absolute atomic E-state index is 0.149. The van der Waals surface area contributed by atoms with Crippen LogP contribution in [-0.4, -0.2) is 19.1 Å². The summed E-state index contributed by atoms with van der Waals surface area (Å²) < 4.78 is 37.6. The molecule has 0 aromatic heterocycles. The van der Waals surface area contributed by atoms with Crippen molar-refractivity contribution < 1.29 is 18.0 Å². The van der Waals surface area contributed by atoms with Crippen LogP contribution in [0.2, 0.25) is 0 Å². The second-order valence-corrected chi connectivity index (χ2v) is 5.39. The highest BCUT2D eigenvalue weighted by molar-refractivity contribution is 5.73. The molecule has 0 heterocycles. The molecule has 1 aromatic rings. The predicted octanol–water partition coefficient (Wildman–Crippen LogP) is 3.66. The maximum atomic E-state index is 12.5. The second kappa shape index (κ2) is 6.37. The molecular formula is C15H19F3N2O. The molecule has 3 nitrogen and oxygen atoms in total. The van der Waals surface area contributed by atoms with E-state index in [2.05, 4.69) is 10.6 Å². The number of alkyl halides is 3. The maximum absolute atomic E-state index is 12.5. The lowest BCUT2D eigenvalue weighted by Crippen LogP contribution is -2.42. The minimum atomic E-state index is -4.28. The molecule has 2 N–H and O–H groups in total. The van der Waals surface area contributed by atoms with Crippen molar-refractivity contribution in [2.45, 2.75) is 43.8 Å². The van der Waals surface area contributed by atoms with E-state index in [1.165, 1.54) is 0 Å². The molecule has 6 heteroatoms. The molecule has 0 atom stereocenters. The van der Waals surface area contributed by atoms with Crippen LogP contribution in [0.4, 0.5) is 18.0 Å². The number of amides is 2. The van der Waals surface area contributed by atoms with Crippen LogP contribution in [0.15, 0.2) is 24.3 Å². The van der Waals surface area contributed by atoms with Crippen molar-refractivity contribution in [1.82, 2.24) is 10.6 Å². The van der Waals surface area contributed by atoms with Gasteiger partial charge in [-0.15, -0.1) is 0 Å². The van der Waals surface area contributed by atoms with E-state index < -0.39 is 11.7 Å². The first-order valence-electron chi connectivity index (χ1n) is 7.05. The largest absolute Gasteiger partial charge is 0.416 e. The lowest BCUT2D eigenvalue weighted by Gasteiger charge is -2.29. The molecule has 2 amide bonds. The number of hydrogen-bond acceptors (Lipinski definition) is 1. The van der Waals surface area contributed by atoms with Gasteiger partial charge in [-0.25, -0.2) is 4.79 Å². The highest BCUT2D eigenvalue weighted by Crippen LogP contribution is 2.35. The maximum Gasteiger partial charge on any atom is 0.416 e. The zero-order chi connectivity index (χ0) is 15.5. The van der Waals surface area contributed by atoms with Gasteiger partial charge in [0.05, 0.1) is 5.56 Å². The van der Waals surface area contributed by atoms with Crippen LogP contribution in [0.1, 0.15) is 42.7 Å². The molecule has 1 aromatic carbocycles. The number of benzene rings is 1. The molecule has 1 saturated carbocycles. The smallest absolute Gasteiger partial charge is 0.341 e. The first-order valence-corrected chi connectivity index (χ1v) is 7.05. The van der Waals surface area contributed by atoms with Crippen molar-refractivity contribution in [3.63, 3.8) is 0 Å². The molecule has 0 spiro atoms. The lowest BCUT2D eigenvalue weighted by molar-refractivity contribution is -0.137. The van der Waals surface area contributed by atoms with Gasteiger partial charge in [-0.2, -0.15) is 13.2 Å². The highest BCUT2D eigenvalue weighted by Gasteiger charge is 2.30. The number of carbonyl (C=O) groups is 1. The van der Waals surface area contributed by atoms with E-state index in [1.54, 1.807) is 19.2 Å². The zero-order valence-corrected chi connectivity index (χ0v) is 11.8. The van der Waals surface area contributed by atoms with Crippen LogP contribution in [0, 0.1) is 0 Å². The average Bonchev–Trinajstić information content (AvgIpc) is 2.47. The molecule has 21 heavy (non-hydrogen) atoms. The molecule has 0 unspecified atom stereocenters. The summed E-state index contributed by atoms with van der Waals surface area (Å²) in [4.78, 5) is 11.2. The molecule has 0 aliphatic heterocycles. The third kappa shape index (κ3) is 4.12. The fourth-order valence-corrected chi connectivity index (χ4v) is 2.77. The Morgan fingerprint density at radius 3 is 2.14 bits per heavy atom. The van der Waals surface area contributed by atoms with E-state index in [0.29, 0.717) is 0 Å². The van der Waals surface area contributed by atoms with Gasteiger partial charge in [0.2, 0.25) is 0 Å². The van der Waals surface area contributed by atoms with Crippen LogP contribution in [0.5, 0.6) is 0 Å². The summed E-state index contributed by atoms with van der Waals surface area (Å²) in [6, 6.07) is 5.39. The summed E-state index contributed by atoms with van der Waals surface area (Å²) >= 11 is 0. The average molecular weight is 300 g/mol. The molecule has 0 saturated heterocycles. The summed E-state index contributed by atoms with van der Waals surface area (Å²) in [6.07, 6.45) is -0.841. The van der Waals surface area contributed by atoms with Crippen LogP contribution in [-0.2, 0) is 6.18 Å². The Balaban J connectivity index is 1.92. The van der Waals surface area contributed by atoms with Gasteiger partial charge in [0, 0.05) is 13.1 Å². The van der Waals surface area contributed by atoms with Gasteiger partial charge in [-0.3, -0.25) is 0 Å². The fourth-order valence-electron chi connectivity index (χ4n) is 2.77. The molecule has 0 radical (unpaired) electrons. The molecule has 1 fully saturated rings. The number of nitrogens with one attached hydrogen (secondary N) is 2.